The summed E-state index contributed by atoms with van der Waals surface area (Å²) in [7, 11) is 0. The first-order valence-electron chi connectivity index (χ1n) is 5.21. The van der Waals surface area contributed by atoms with Gasteiger partial charge in [-0.25, -0.2) is 0 Å². The lowest BCUT2D eigenvalue weighted by Gasteiger charge is -2.10. The Kier molecular flexibility index (Phi) is 5.35. The topological polar surface area (TPSA) is 49.3 Å². The van der Waals surface area contributed by atoms with Crippen molar-refractivity contribution < 1.29 is 9.90 Å². The van der Waals surface area contributed by atoms with E-state index in [-0.39, 0.29) is 18.6 Å². The number of carbonyl (C=O) groups is 1. The molecule has 88 valence electrons. The third-order valence-corrected chi connectivity index (χ3v) is 3.08. The molecule has 0 aliphatic heterocycles. The number of hydrogen-bond donors (Lipinski definition) is 2. The van der Waals surface area contributed by atoms with Gasteiger partial charge in [-0.05, 0) is 26.0 Å². The van der Waals surface area contributed by atoms with E-state index < -0.39 is 0 Å². The average Bonchev–Trinajstić information content (AvgIpc) is 2.28. The van der Waals surface area contributed by atoms with Crippen molar-refractivity contribution >= 4 is 17.7 Å². The lowest BCUT2D eigenvalue weighted by molar-refractivity contribution is -0.119. The quantitative estimate of drug-likeness (QED) is 0.767. The molecule has 4 heteroatoms. The normalized spacial score (nSPS) is 12.2. The smallest absolute Gasteiger partial charge is 0.230 e. The molecule has 0 radical (unpaired) electrons. The van der Waals surface area contributed by atoms with E-state index in [9.17, 15) is 4.79 Å². The third kappa shape index (κ3) is 4.68. The van der Waals surface area contributed by atoms with E-state index >= 15 is 0 Å². The van der Waals surface area contributed by atoms with Gasteiger partial charge in [-0.2, -0.15) is 0 Å². The molecule has 1 atom stereocenters. The summed E-state index contributed by atoms with van der Waals surface area (Å²) >= 11 is 1.50. The van der Waals surface area contributed by atoms with Gasteiger partial charge >= 0.3 is 0 Å². The SMILES string of the molecule is Cc1ccc(SCC(=O)N[C@H](C)CO)cc1. The number of aryl methyl sites for hydroxylation is 1. The molecule has 1 amide bonds. The maximum atomic E-state index is 11.4. The molecule has 0 spiro atoms. The van der Waals surface area contributed by atoms with E-state index in [1.54, 1.807) is 6.92 Å². The highest BCUT2D eigenvalue weighted by molar-refractivity contribution is 8.00. The van der Waals surface area contributed by atoms with Crippen molar-refractivity contribution in [1.29, 1.82) is 0 Å². The molecule has 1 aromatic carbocycles. The Morgan fingerprint density at radius 2 is 2.06 bits per heavy atom. The first-order valence-corrected chi connectivity index (χ1v) is 6.20. The summed E-state index contributed by atoms with van der Waals surface area (Å²) in [6.07, 6.45) is 0. The Hall–Kier alpha value is -1.00. The Morgan fingerprint density at radius 1 is 1.44 bits per heavy atom. The summed E-state index contributed by atoms with van der Waals surface area (Å²) in [4.78, 5) is 12.5. The van der Waals surface area contributed by atoms with Crippen LogP contribution in [-0.4, -0.2) is 29.4 Å². The molecule has 0 heterocycles. The zero-order valence-corrected chi connectivity index (χ0v) is 10.4. The molecule has 16 heavy (non-hydrogen) atoms. The maximum absolute atomic E-state index is 11.4. The van der Waals surface area contributed by atoms with Gasteiger partial charge in [0.1, 0.15) is 0 Å². The lowest BCUT2D eigenvalue weighted by atomic mass is 10.2. The first-order chi connectivity index (χ1) is 7.61. The molecule has 0 bridgehead atoms. The minimum absolute atomic E-state index is 0.0268. The van der Waals surface area contributed by atoms with Gasteiger partial charge in [0.25, 0.3) is 0 Å². The lowest BCUT2D eigenvalue weighted by Crippen LogP contribution is -2.36. The second-order valence-electron chi connectivity index (χ2n) is 3.75. The molecule has 1 rings (SSSR count). The standard InChI is InChI=1S/C12H17NO2S/c1-9-3-5-11(6-4-9)16-8-12(15)13-10(2)7-14/h3-6,10,14H,7-8H2,1-2H3,(H,13,15)/t10-/m1/s1. The number of amides is 1. The van der Waals surface area contributed by atoms with Gasteiger partial charge in [0.15, 0.2) is 0 Å². The molecule has 0 saturated heterocycles. The van der Waals surface area contributed by atoms with Gasteiger partial charge in [0.2, 0.25) is 5.91 Å². The fourth-order valence-corrected chi connectivity index (χ4v) is 1.86. The van der Waals surface area contributed by atoms with Crippen molar-refractivity contribution in [3.05, 3.63) is 29.8 Å². The maximum Gasteiger partial charge on any atom is 0.230 e. The third-order valence-electron chi connectivity index (χ3n) is 2.07. The molecule has 0 aliphatic carbocycles. The molecule has 3 nitrogen and oxygen atoms in total. The van der Waals surface area contributed by atoms with Crippen LogP contribution in [-0.2, 0) is 4.79 Å². The number of nitrogens with one attached hydrogen (secondary N) is 1. The molecule has 0 fully saturated rings. The molecule has 0 aromatic heterocycles. The molecule has 0 saturated carbocycles. The van der Waals surface area contributed by atoms with Gasteiger partial charge < -0.3 is 10.4 Å². The number of benzene rings is 1. The van der Waals surface area contributed by atoms with Gasteiger partial charge in [-0.1, -0.05) is 17.7 Å². The van der Waals surface area contributed by atoms with E-state index in [2.05, 4.69) is 5.32 Å². The average molecular weight is 239 g/mol. The summed E-state index contributed by atoms with van der Waals surface area (Å²) in [6, 6.07) is 7.88. The number of aliphatic hydroxyl groups is 1. The molecular weight excluding hydrogens is 222 g/mol. The summed E-state index contributed by atoms with van der Waals surface area (Å²) in [5, 5.41) is 11.5. The monoisotopic (exact) mass is 239 g/mol. The van der Waals surface area contributed by atoms with Gasteiger partial charge in [0, 0.05) is 10.9 Å². The first kappa shape index (κ1) is 13.1. The minimum atomic E-state index is -0.175. The van der Waals surface area contributed by atoms with E-state index in [0.29, 0.717) is 5.75 Å². The van der Waals surface area contributed by atoms with E-state index in [4.69, 9.17) is 5.11 Å². The number of rotatable bonds is 5. The van der Waals surface area contributed by atoms with Crippen LogP contribution < -0.4 is 5.32 Å². The number of hydrogen-bond acceptors (Lipinski definition) is 3. The van der Waals surface area contributed by atoms with E-state index in [0.717, 1.165) is 4.90 Å². The van der Waals surface area contributed by atoms with E-state index in [1.165, 1.54) is 17.3 Å². The Balaban J connectivity index is 2.34. The van der Waals surface area contributed by atoms with Crippen molar-refractivity contribution in [2.45, 2.75) is 24.8 Å². The van der Waals surface area contributed by atoms with Crippen molar-refractivity contribution in [2.75, 3.05) is 12.4 Å². The highest BCUT2D eigenvalue weighted by Gasteiger charge is 2.06. The molecule has 0 unspecified atom stereocenters. The van der Waals surface area contributed by atoms with Crippen molar-refractivity contribution in [3.63, 3.8) is 0 Å². The zero-order valence-electron chi connectivity index (χ0n) is 9.56. The molecular formula is C12H17NO2S. The number of aliphatic hydroxyl groups excluding tert-OH is 1. The Bertz CT molecular complexity index is 337. The van der Waals surface area contributed by atoms with Gasteiger partial charge in [-0.3, -0.25) is 4.79 Å². The highest BCUT2D eigenvalue weighted by atomic mass is 32.2. The molecule has 2 N–H and O–H groups in total. The van der Waals surface area contributed by atoms with Crippen LogP contribution in [0.15, 0.2) is 29.2 Å². The van der Waals surface area contributed by atoms with Gasteiger partial charge in [-0.15, -0.1) is 11.8 Å². The van der Waals surface area contributed by atoms with Crippen LogP contribution in [0.2, 0.25) is 0 Å². The van der Waals surface area contributed by atoms with Crippen molar-refractivity contribution in [2.24, 2.45) is 0 Å². The van der Waals surface area contributed by atoms with Crippen molar-refractivity contribution in [3.8, 4) is 0 Å². The van der Waals surface area contributed by atoms with Crippen LogP contribution in [0.25, 0.3) is 0 Å². The summed E-state index contributed by atoms with van der Waals surface area (Å²) in [5.74, 6) is 0.333. The largest absolute Gasteiger partial charge is 0.394 e. The van der Waals surface area contributed by atoms with Crippen LogP contribution in [0.1, 0.15) is 12.5 Å². The van der Waals surface area contributed by atoms with Crippen LogP contribution in [0.3, 0.4) is 0 Å². The van der Waals surface area contributed by atoms with Crippen LogP contribution in [0, 0.1) is 6.92 Å². The minimum Gasteiger partial charge on any atom is -0.394 e. The fraction of sp³-hybridized carbons (Fsp3) is 0.417. The summed E-state index contributed by atoms with van der Waals surface area (Å²) in [5.41, 5.74) is 1.21. The van der Waals surface area contributed by atoms with Gasteiger partial charge in [0.05, 0.1) is 12.4 Å². The van der Waals surface area contributed by atoms with Crippen LogP contribution in [0.4, 0.5) is 0 Å². The van der Waals surface area contributed by atoms with E-state index in [1.807, 2.05) is 31.2 Å². The Labute approximate surface area is 100 Å². The highest BCUT2D eigenvalue weighted by Crippen LogP contribution is 2.17. The molecule has 1 aromatic rings. The predicted molar refractivity (Wildman–Crippen MR) is 66.6 cm³/mol. The zero-order chi connectivity index (χ0) is 12.0. The summed E-state index contributed by atoms with van der Waals surface area (Å²) in [6.45, 7) is 3.78. The number of thioether (sulfide) groups is 1. The summed E-state index contributed by atoms with van der Waals surface area (Å²) < 4.78 is 0. The van der Waals surface area contributed by atoms with Crippen LogP contribution in [0.5, 0.6) is 0 Å². The van der Waals surface area contributed by atoms with Crippen molar-refractivity contribution in [1.82, 2.24) is 5.32 Å². The Morgan fingerprint density at radius 3 is 2.62 bits per heavy atom. The second kappa shape index (κ2) is 6.55. The second-order valence-corrected chi connectivity index (χ2v) is 4.80. The predicted octanol–water partition coefficient (Wildman–Crippen LogP) is 1.58. The number of carbonyl (C=O) groups excluding carboxylic acids is 1. The molecule has 0 aliphatic rings. The van der Waals surface area contributed by atoms with Crippen LogP contribution >= 0.6 is 11.8 Å². The fourth-order valence-electron chi connectivity index (χ4n) is 1.15.